The number of carbonyl (C=O) groups excluding carboxylic acids is 1. The molecule has 0 aromatic rings. The summed E-state index contributed by atoms with van der Waals surface area (Å²) in [5.41, 5.74) is 0. The lowest BCUT2D eigenvalue weighted by atomic mass is 9.96. The number of hydrogen-bond acceptors (Lipinski definition) is 18. The van der Waals surface area contributed by atoms with E-state index in [1.807, 2.05) is 0 Å². The van der Waals surface area contributed by atoms with E-state index in [0.29, 0.717) is 12.8 Å². The number of hydrogen-bond donors (Lipinski definition) is 12. The highest BCUT2D eigenvalue weighted by Crippen LogP contribution is 2.33. The number of aliphatic hydroxyl groups excluding tert-OH is 11. The number of carbonyl (C=O) groups is 1. The predicted octanol–water partition coefficient (Wildman–Crippen LogP) is 2.36. The van der Waals surface area contributed by atoms with Crippen molar-refractivity contribution in [1.82, 2.24) is 5.32 Å². The Kier molecular flexibility index (Phi) is 32.5. The summed E-state index contributed by atoms with van der Waals surface area (Å²) >= 11 is 0. The molecular weight excluding hydrogens is 927 g/mol. The topological polar surface area (TPSA) is 307 Å². The Morgan fingerprint density at radius 1 is 0.521 bits per heavy atom. The molecule has 0 saturated carbocycles. The molecule has 3 fully saturated rings. The van der Waals surface area contributed by atoms with Crippen LogP contribution in [0.25, 0.3) is 0 Å². The van der Waals surface area contributed by atoms with Gasteiger partial charge in [0.25, 0.3) is 0 Å². The molecule has 0 radical (unpaired) electrons. The maximum atomic E-state index is 13.2. The Labute approximate surface area is 421 Å². The van der Waals surface area contributed by atoms with Crippen molar-refractivity contribution in [1.29, 1.82) is 0 Å². The minimum Gasteiger partial charge on any atom is -0.394 e. The van der Waals surface area contributed by atoms with Crippen LogP contribution in [0.3, 0.4) is 0 Å². The van der Waals surface area contributed by atoms with E-state index < -0.39 is 124 Å². The molecule has 12 N–H and O–H groups in total. The van der Waals surface area contributed by atoms with Crippen molar-refractivity contribution >= 4 is 5.91 Å². The summed E-state index contributed by atoms with van der Waals surface area (Å²) in [6.07, 6.45) is 9.61. The van der Waals surface area contributed by atoms with Crippen LogP contribution in [0.4, 0.5) is 0 Å². The van der Waals surface area contributed by atoms with E-state index in [4.69, 9.17) is 28.4 Å². The molecule has 19 nitrogen and oxygen atoms in total. The summed E-state index contributed by atoms with van der Waals surface area (Å²) in [6, 6.07) is -0.892. The summed E-state index contributed by atoms with van der Waals surface area (Å²) in [5, 5.41) is 120. The van der Waals surface area contributed by atoms with Crippen molar-refractivity contribution in [3.63, 3.8) is 0 Å². The van der Waals surface area contributed by atoms with Crippen molar-refractivity contribution in [2.24, 2.45) is 0 Å². The minimum absolute atomic E-state index is 0.247. The third kappa shape index (κ3) is 22.2. The molecule has 1 amide bonds. The average Bonchev–Trinajstić information content (AvgIpc) is 3.36. The van der Waals surface area contributed by atoms with Gasteiger partial charge in [-0.05, 0) is 51.4 Å². The van der Waals surface area contributed by atoms with Gasteiger partial charge < -0.3 is 89.9 Å². The third-order valence-corrected chi connectivity index (χ3v) is 13.2. The molecule has 3 saturated heterocycles. The fraction of sp³-hybridized carbons (Fsp3) is 0.827. The maximum Gasteiger partial charge on any atom is 0.220 e. The van der Waals surface area contributed by atoms with E-state index in [-0.39, 0.29) is 18.9 Å². The monoisotopic (exact) mass is 1020 g/mol. The Balaban J connectivity index is 1.49. The molecule has 0 bridgehead atoms. The number of nitrogens with one attached hydrogen (secondary N) is 1. The standard InChI is InChI=1S/C52H91NO18/c1-3-5-7-9-11-12-13-14-15-16-17-18-19-20-21-22-24-26-28-30-40(58)53-35(36(57)29-27-25-23-10-8-6-4-2)34-66-50-46(64)43(61)48(38(32-55)68-50)71-52-47(65)44(62)49(39(33-56)69-52)70-51-45(63)42(60)41(59)37(31-54)67-51/h5,7,11-12,14-15,17-18,35-39,41-52,54-57,59-65H,3-4,6,8-10,13,16,19-34H2,1-2H3,(H,53,58)/b7-5-,12-11-,15-14-,18-17-. The number of unbranched alkanes of at least 4 members (excludes halogenated alkanes) is 12. The van der Waals surface area contributed by atoms with Gasteiger partial charge in [0.2, 0.25) is 5.91 Å². The normalized spacial score (nSPS) is 32.7. The summed E-state index contributed by atoms with van der Waals surface area (Å²) < 4.78 is 34.1. The molecule has 412 valence electrons. The summed E-state index contributed by atoms with van der Waals surface area (Å²) in [6.45, 7) is 1.56. The van der Waals surface area contributed by atoms with Crippen molar-refractivity contribution < 1.29 is 89.4 Å². The highest BCUT2D eigenvalue weighted by molar-refractivity contribution is 5.76. The van der Waals surface area contributed by atoms with E-state index in [0.717, 1.165) is 103 Å². The van der Waals surface area contributed by atoms with Crippen molar-refractivity contribution in [3.8, 4) is 0 Å². The van der Waals surface area contributed by atoms with Gasteiger partial charge in [-0.25, -0.2) is 0 Å². The summed E-state index contributed by atoms with van der Waals surface area (Å²) in [5.74, 6) is -0.265. The van der Waals surface area contributed by atoms with Crippen LogP contribution in [0.1, 0.15) is 142 Å². The van der Waals surface area contributed by atoms with Crippen LogP contribution in [-0.2, 0) is 33.2 Å². The average molecular weight is 1020 g/mol. The van der Waals surface area contributed by atoms with Crippen LogP contribution in [-0.4, -0.2) is 193 Å². The lowest BCUT2D eigenvalue weighted by Crippen LogP contribution is -2.66. The first kappa shape index (κ1) is 63.0. The number of aliphatic hydroxyl groups is 11. The Morgan fingerprint density at radius 2 is 0.972 bits per heavy atom. The molecule has 17 atom stereocenters. The van der Waals surface area contributed by atoms with E-state index in [1.54, 1.807) is 0 Å². The first-order chi connectivity index (χ1) is 34.3. The van der Waals surface area contributed by atoms with Crippen LogP contribution in [0.5, 0.6) is 0 Å². The highest BCUT2D eigenvalue weighted by atomic mass is 16.8. The molecule has 3 aliphatic rings. The van der Waals surface area contributed by atoms with Crippen molar-refractivity contribution in [3.05, 3.63) is 48.6 Å². The summed E-state index contributed by atoms with van der Waals surface area (Å²) in [4.78, 5) is 13.2. The highest BCUT2D eigenvalue weighted by Gasteiger charge is 2.53. The fourth-order valence-corrected chi connectivity index (χ4v) is 8.77. The van der Waals surface area contributed by atoms with Crippen molar-refractivity contribution in [2.45, 2.75) is 247 Å². The molecular formula is C52H91NO18. The molecule has 17 unspecified atom stereocenters. The zero-order valence-electron chi connectivity index (χ0n) is 42.2. The van der Waals surface area contributed by atoms with Crippen LogP contribution in [0, 0.1) is 0 Å². The molecule has 3 aliphatic heterocycles. The first-order valence-corrected chi connectivity index (χ1v) is 26.4. The van der Waals surface area contributed by atoms with Gasteiger partial charge >= 0.3 is 0 Å². The second-order valence-electron chi connectivity index (χ2n) is 19.0. The van der Waals surface area contributed by atoms with Gasteiger partial charge in [0, 0.05) is 6.42 Å². The van der Waals surface area contributed by atoms with Gasteiger partial charge in [0.1, 0.15) is 73.2 Å². The molecule has 3 rings (SSSR count). The molecule has 3 heterocycles. The molecule has 0 spiro atoms. The smallest absolute Gasteiger partial charge is 0.220 e. The van der Waals surface area contributed by atoms with Gasteiger partial charge in [-0.2, -0.15) is 0 Å². The number of amides is 1. The van der Waals surface area contributed by atoms with Gasteiger partial charge in [-0.15, -0.1) is 0 Å². The van der Waals surface area contributed by atoms with Crippen LogP contribution in [0.15, 0.2) is 48.6 Å². The lowest BCUT2D eigenvalue weighted by Gasteiger charge is -2.48. The van der Waals surface area contributed by atoms with E-state index in [9.17, 15) is 61.0 Å². The second-order valence-corrected chi connectivity index (χ2v) is 19.0. The third-order valence-electron chi connectivity index (χ3n) is 13.2. The lowest BCUT2D eigenvalue weighted by molar-refractivity contribution is -0.379. The van der Waals surface area contributed by atoms with Crippen LogP contribution < -0.4 is 5.32 Å². The van der Waals surface area contributed by atoms with Gasteiger partial charge in [-0.1, -0.05) is 133 Å². The summed E-state index contributed by atoms with van der Waals surface area (Å²) in [7, 11) is 0. The number of allylic oxidation sites excluding steroid dienone is 8. The molecule has 0 aliphatic carbocycles. The van der Waals surface area contributed by atoms with Gasteiger partial charge in [-0.3, -0.25) is 4.79 Å². The zero-order valence-corrected chi connectivity index (χ0v) is 42.2. The quantitative estimate of drug-likeness (QED) is 0.0317. The Hall–Kier alpha value is -2.25. The largest absolute Gasteiger partial charge is 0.394 e. The predicted molar refractivity (Wildman–Crippen MR) is 263 cm³/mol. The van der Waals surface area contributed by atoms with Gasteiger partial charge in [0.05, 0.1) is 38.6 Å². The Morgan fingerprint density at radius 3 is 1.52 bits per heavy atom. The van der Waals surface area contributed by atoms with Crippen molar-refractivity contribution in [2.75, 3.05) is 26.4 Å². The molecule has 19 heteroatoms. The van der Waals surface area contributed by atoms with E-state index >= 15 is 0 Å². The van der Waals surface area contributed by atoms with E-state index in [1.165, 1.54) is 6.42 Å². The first-order valence-electron chi connectivity index (χ1n) is 26.4. The second kappa shape index (κ2) is 36.7. The number of ether oxygens (including phenoxy) is 6. The van der Waals surface area contributed by atoms with E-state index in [2.05, 4.69) is 67.8 Å². The fourth-order valence-electron chi connectivity index (χ4n) is 8.77. The molecule has 71 heavy (non-hydrogen) atoms. The van der Waals surface area contributed by atoms with Gasteiger partial charge in [0.15, 0.2) is 18.9 Å². The zero-order chi connectivity index (χ0) is 52.0. The Bertz CT molecular complexity index is 1500. The SMILES string of the molecule is CC/C=C\C/C=C\C/C=C\C/C=C\CCCCCCCCC(=O)NC(COC1OC(CO)C(OC2OC(CO)C(OC3OC(CO)C(O)C(O)C3O)C(O)C2O)C(O)C1O)C(O)CCCCCCCCC. The molecule has 0 aromatic heterocycles. The van der Waals surface area contributed by atoms with Crippen LogP contribution in [0.2, 0.25) is 0 Å². The van der Waals surface area contributed by atoms with Crippen LogP contribution >= 0.6 is 0 Å². The minimum atomic E-state index is -1.97. The maximum absolute atomic E-state index is 13.2. The molecule has 0 aromatic carbocycles. The number of rotatable bonds is 36.